The van der Waals surface area contributed by atoms with Crippen molar-refractivity contribution in [2.75, 3.05) is 6.54 Å². The largest absolute Gasteiger partial charge is 0.355 e. The van der Waals surface area contributed by atoms with Crippen molar-refractivity contribution in [2.24, 2.45) is 0 Å². The fraction of sp³-hybridized carbons (Fsp3) is 0.318. The average Bonchev–Trinajstić information content (AvgIpc) is 3.05. The third-order valence-electron chi connectivity index (χ3n) is 4.61. The molecule has 6 nitrogen and oxygen atoms in total. The second-order valence-electron chi connectivity index (χ2n) is 6.96. The maximum absolute atomic E-state index is 12.6. The van der Waals surface area contributed by atoms with E-state index < -0.39 is 0 Å². The van der Waals surface area contributed by atoms with Crippen molar-refractivity contribution >= 4 is 22.8 Å². The SMILES string of the molecule is CCCNC(=O)Cn1c([C@@H](C)NC(=O)c2ccc(C)cc2)nc2ccccc21. The van der Waals surface area contributed by atoms with Crippen LogP contribution in [-0.4, -0.2) is 27.9 Å². The van der Waals surface area contributed by atoms with Crippen LogP contribution in [0.1, 0.15) is 48.1 Å². The average molecular weight is 378 g/mol. The lowest BCUT2D eigenvalue weighted by atomic mass is 10.1. The molecule has 2 amide bonds. The zero-order valence-electron chi connectivity index (χ0n) is 16.5. The Kier molecular flexibility index (Phi) is 6.09. The molecule has 1 heterocycles. The number of aromatic nitrogens is 2. The van der Waals surface area contributed by atoms with Crippen LogP contribution in [0.2, 0.25) is 0 Å². The van der Waals surface area contributed by atoms with E-state index in [0.29, 0.717) is 17.9 Å². The minimum absolute atomic E-state index is 0.0664. The lowest BCUT2D eigenvalue weighted by Crippen LogP contribution is -2.32. The number of amides is 2. The molecule has 0 aliphatic rings. The summed E-state index contributed by atoms with van der Waals surface area (Å²) in [6.45, 7) is 6.69. The monoisotopic (exact) mass is 378 g/mol. The van der Waals surface area contributed by atoms with Crippen molar-refractivity contribution in [1.29, 1.82) is 0 Å². The van der Waals surface area contributed by atoms with Crippen LogP contribution in [0.4, 0.5) is 0 Å². The van der Waals surface area contributed by atoms with E-state index in [1.807, 2.05) is 61.7 Å². The van der Waals surface area contributed by atoms with Gasteiger partial charge in [-0.15, -0.1) is 0 Å². The summed E-state index contributed by atoms with van der Waals surface area (Å²) in [5.74, 6) is 0.429. The molecule has 0 radical (unpaired) electrons. The Hall–Kier alpha value is -3.15. The van der Waals surface area contributed by atoms with Crippen LogP contribution >= 0.6 is 0 Å². The summed E-state index contributed by atoms with van der Waals surface area (Å²) in [5.41, 5.74) is 3.38. The number of carbonyl (C=O) groups excluding carboxylic acids is 2. The minimum Gasteiger partial charge on any atom is -0.355 e. The van der Waals surface area contributed by atoms with Crippen LogP contribution < -0.4 is 10.6 Å². The molecule has 0 saturated heterocycles. The summed E-state index contributed by atoms with van der Waals surface area (Å²) in [4.78, 5) is 29.6. The van der Waals surface area contributed by atoms with Crippen molar-refractivity contribution < 1.29 is 9.59 Å². The van der Waals surface area contributed by atoms with Gasteiger partial charge in [-0.25, -0.2) is 4.98 Å². The van der Waals surface area contributed by atoms with E-state index in [0.717, 1.165) is 23.0 Å². The number of nitrogens with one attached hydrogen (secondary N) is 2. The van der Waals surface area contributed by atoms with E-state index in [-0.39, 0.29) is 24.4 Å². The number of hydrogen-bond acceptors (Lipinski definition) is 3. The van der Waals surface area contributed by atoms with Gasteiger partial charge in [-0.2, -0.15) is 0 Å². The quantitative estimate of drug-likeness (QED) is 0.662. The van der Waals surface area contributed by atoms with Crippen LogP contribution in [0.25, 0.3) is 11.0 Å². The van der Waals surface area contributed by atoms with Gasteiger partial charge in [-0.1, -0.05) is 36.8 Å². The lowest BCUT2D eigenvalue weighted by molar-refractivity contribution is -0.121. The Labute approximate surface area is 165 Å². The molecule has 0 aliphatic carbocycles. The molecule has 2 aromatic carbocycles. The topological polar surface area (TPSA) is 76.0 Å². The summed E-state index contributed by atoms with van der Waals surface area (Å²) in [6.07, 6.45) is 0.881. The number of fused-ring (bicyclic) bond motifs is 1. The molecule has 0 unspecified atom stereocenters. The van der Waals surface area contributed by atoms with Crippen molar-refractivity contribution in [3.05, 3.63) is 65.5 Å². The van der Waals surface area contributed by atoms with E-state index in [2.05, 4.69) is 15.6 Å². The number of aryl methyl sites for hydroxylation is 1. The van der Waals surface area contributed by atoms with Crippen molar-refractivity contribution in [3.63, 3.8) is 0 Å². The molecule has 0 fully saturated rings. The molecule has 0 spiro atoms. The first-order valence-electron chi connectivity index (χ1n) is 9.59. The van der Waals surface area contributed by atoms with Crippen LogP contribution in [0.3, 0.4) is 0 Å². The van der Waals surface area contributed by atoms with Crippen LogP contribution in [0.5, 0.6) is 0 Å². The molecule has 1 atom stereocenters. The summed E-state index contributed by atoms with van der Waals surface area (Å²) in [5, 5.41) is 5.89. The number of rotatable bonds is 7. The number of nitrogens with zero attached hydrogens (tertiary/aromatic N) is 2. The standard InChI is InChI=1S/C22H26N4O2/c1-4-13-23-20(27)14-26-19-8-6-5-7-18(19)25-21(26)16(3)24-22(28)17-11-9-15(2)10-12-17/h5-12,16H,4,13-14H2,1-3H3,(H,23,27)(H,24,28)/t16-/m1/s1. The number of carbonyl (C=O) groups is 2. The van der Waals surface area contributed by atoms with Gasteiger partial charge in [-0.05, 0) is 44.5 Å². The maximum Gasteiger partial charge on any atom is 0.251 e. The number of para-hydroxylation sites is 2. The fourth-order valence-corrected chi connectivity index (χ4v) is 3.10. The smallest absolute Gasteiger partial charge is 0.251 e. The summed E-state index contributed by atoms with van der Waals surface area (Å²) >= 11 is 0. The Morgan fingerprint density at radius 2 is 1.82 bits per heavy atom. The minimum atomic E-state index is -0.347. The van der Waals surface area contributed by atoms with Gasteiger partial charge in [-0.3, -0.25) is 9.59 Å². The van der Waals surface area contributed by atoms with Gasteiger partial charge in [0.25, 0.3) is 5.91 Å². The Morgan fingerprint density at radius 1 is 1.11 bits per heavy atom. The van der Waals surface area contributed by atoms with Gasteiger partial charge in [0, 0.05) is 12.1 Å². The molecule has 146 valence electrons. The Balaban J connectivity index is 1.86. The van der Waals surface area contributed by atoms with Gasteiger partial charge in [0.05, 0.1) is 17.1 Å². The first-order chi connectivity index (χ1) is 13.5. The molecule has 3 aromatic rings. The van der Waals surface area contributed by atoms with Gasteiger partial charge in [0.1, 0.15) is 12.4 Å². The highest BCUT2D eigenvalue weighted by atomic mass is 16.2. The molecule has 2 N–H and O–H groups in total. The number of imidazole rings is 1. The third-order valence-corrected chi connectivity index (χ3v) is 4.61. The predicted molar refractivity (Wildman–Crippen MR) is 110 cm³/mol. The molecule has 1 aromatic heterocycles. The van der Waals surface area contributed by atoms with Gasteiger partial charge in [0.2, 0.25) is 5.91 Å². The zero-order valence-corrected chi connectivity index (χ0v) is 16.5. The molecule has 0 bridgehead atoms. The van der Waals surface area contributed by atoms with Gasteiger partial charge < -0.3 is 15.2 Å². The summed E-state index contributed by atoms with van der Waals surface area (Å²) in [6, 6.07) is 14.8. The first kappa shape index (κ1) is 19.6. The van der Waals surface area contributed by atoms with E-state index in [1.54, 1.807) is 12.1 Å². The highest BCUT2D eigenvalue weighted by Gasteiger charge is 2.20. The van der Waals surface area contributed by atoms with Gasteiger partial charge in [0.15, 0.2) is 0 Å². The van der Waals surface area contributed by atoms with Crippen molar-refractivity contribution in [2.45, 2.75) is 39.8 Å². The highest BCUT2D eigenvalue weighted by molar-refractivity contribution is 5.94. The first-order valence-corrected chi connectivity index (χ1v) is 9.59. The van der Waals surface area contributed by atoms with Crippen molar-refractivity contribution in [3.8, 4) is 0 Å². The molecule has 6 heteroatoms. The predicted octanol–water partition coefficient (Wildman–Crippen LogP) is 3.36. The zero-order chi connectivity index (χ0) is 20.1. The van der Waals surface area contributed by atoms with E-state index in [9.17, 15) is 9.59 Å². The van der Waals surface area contributed by atoms with Crippen molar-refractivity contribution in [1.82, 2.24) is 20.2 Å². The maximum atomic E-state index is 12.6. The van der Waals surface area contributed by atoms with Crippen LogP contribution in [0, 0.1) is 6.92 Å². The fourth-order valence-electron chi connectivity index (χ4n) is 3.10. The lowest BCUT2D eigenvalue weighted by Gasteiger charge is -2.16. The molecular formula is C22H26N4O2. The summed E-state index contributed by atoms with van der Waals surface area (Å²) < 4.78 is 1.88. The molecule has 3 rings (SSSR count). The molecular weight excluding hydrogens is 352 g/mol. The second kappa shape index (κ2) is 8.69. The van der Waals surface area contributed by atoms with Crippen LogP contribution in [-0.2, 0) is 11.3 Å². The Bertz CT molecular complexity index is 976. The normalized spacial score (nSPS) is 12.0. The molecule has 28 heavy (non-hydrogen) atoms. The second-order valence-corrected chi connectivity index (χ2v) is 6.96. The molecule has 0 saturated carbocycles. The third kappa shape index (κ3) is 4.39. The number of benzene rings is 2. The number of hydrogen-bond donors (Lipinski definition) is 2. The van der Waals surface area contributed by atoms with Gasteiger partial charge >= 0.3 is 0 Å². The van der Waals surface area contributed by atoms with E-state index >= 15 is 0 Å². The Morgan fingerprint density at radius 3 is 2.54 bits per heavy atom. The van der Waals surface area contributed by atoms with Crippen LogP contribution in [0.15, 0.2) is 48.5 Å². The highest BCUT2D eigenvalue weighted by Crippen LogP contribution is 2.21. The van der Waals surface area contributed by atoms with E-state index in [4.69, 9.17) is 0 Å². The summed E-state index contributed by atoms with van der Waals surface area (Å²) in [7, 11) is 0. The molecule has 0 aliphatic heterocycles. The van der Waals surface area contributed by atoms with E-state index in [1.165, 1.54) is 0 Å².